The number of hydrogen-bond acceptors (Lipinski definition) is 6. The van der Waals surface area contributed by atoms with Gasteiger partial charge in [-0.3, -0.25) is 0 Å². The molecule has 0 amide bonds. The highest BCUT2D eigenvalue weighted by molar-refractivity contribution is 7.92. The maximum absolute atomic E-state index is 13.2. The highest BCUT2D eigenvalue weighted by Crippen LogP contribution is 2.30. The molecule has 0 bridgehead atoms. The molecule has 3 heterocycles. The van der Waals surface area contributed by atoms with Crippen molar-refractivity contribution in [3.05, 3.63) is 48.3 Å². The SMILES string of the molecule is CC(C)(O)CS(=N)(=O)c1cc(-c2ccc(F)nc2)c2c(C#N)cnn2c1. The van der Waals surface area contributed by atoms with Gasteiger partial charge in [-0.05, 0) is 32.0 Å². The first kappa shape index (κ1) is 18.0. The molecule has 0 aromatic carbocycles. The molecular formula is C17H16FN5O2S. The van der Waals surface area contributed by atoms with Gasteiger partial charge < -0.3 is 5.11 Å². The van der Waals surface area contributed by atoms with Crippen LogP contribution in [0.1, 0.15) is 19.4 Å². The van der Waals surface area contributed by atoms with E-state index in [1.165, 1.54) is 55.2 Å². The zero-order valence-electron chi connectivity index (χ0n) is 14.1. The van der Waals surface area contributed by atoms with E-state index in [0.29, 0.717) is 16.6 Å². The zero-order chi connectivity index (χ0) is 19.1. The summed E-state index contributed by atoms with van der Waals surface area (Å²) >= 11 is 0. The van der Waals surface area contributed by atoms with Crippen LogP contribution in [0.15, 0.2) is 41.7 Å². The molecule has 2 N–H and O–H groups in total. The van der Waals surface area contributed by atoms with Gasteiger partial charge in [-0.2, -0.15) is 14.8 Å². The second kappa shape index (κ2) is 6.16. The van der Waals surface area contributed by atoms with E-state index in [0.717, 1.165) is 0 Å². The second-order valence-electron chi connectivity index (χ2n) is 6.55. The van der Waals surface area contributed by atoms with Crippen LogP contribution >= 0.6 is 0 Å². The van der Waals surface area contributed by atoms with Gasteiger partial charge in [0.05, 0.1) is 43.3 Å². The summed E-state index contributed by atoms with van der Waals surface area (Å²) in [6.07, 6.45) is 4.07. The number of rotatable bonds is 4. The molecule has 0 spiro atoms. The molecule has 7 nitrogen and oxygen atoms in total. The Bertz CT molecular complexity index is 1120. The van der Waals surface area contributed by atoms with Crippen LogP contribution in [0.3, 0.4) is 0 Å². The lowest BCUT2D eigenvalue weighted by atomic mass is 10.1. The number of fused-ring (bicyclic) bond motifs is 1. The number of nitriles is 1. The van der Waals surface area contributed by atoms with E-state index < -0.39 is 21.3 Å². The minimum Gasteiger partial charge on any atom is -0.389 e. The Labute approximate surface area is 149 Å². The fraction of sp³-hybridized carbons (Fsp3) is 0.235. The van der Waals surface area contributed by atoms with E-state index in [1.54, 1.807) is 0 Å². The van der Waals surface area contributed by atoms with Crippen LogP contribution in [0.4, 0.5) is 4.39 Å². The van der Waals surface area contributed by atoms with Gasteiger partial charge in [0.25, 0.3) is 0 Å². The average Bonchev–Trinajstić information content (AvgIpc) is 2.95. The van der Waals surface area contributed by atoms with Crippen molar-refractivity contribution in [1.82, 2.24) is 14.6 Å². The van der Waals surface area contributed by atoms with Crippen molar-refractivity contribution in [3.63, 3.8) is 0 Å². The average molecular weight is 373 g/mol. The fourth-order valence-electron chi connectivity index (χ4n) is 2.70. The normalized spacial score (nSPS) is 14.1. The summed E-state index contributed by atoms with van der Waals surface area (Å²) in [7, 11) is -3.33. The first-order chi connectivity index (χ1) is 12.1. The molecule has 3 aromatic heterocycles. The molecule has 0 aliphatic carbocycles. The number of aliphatic hydroxyl groups is 1. The lowest BCUT2D eigenvalue weighted by molar-refractivity contribution is 0.105. The Hall–Kier alpha value is -2.83. The second-order valence-corrected chi connectivity index (χ2v) is 8.66. The van der Waals surface area contributed by atoms with E-state index in [2.05, 4.69) is 10.1 Å². The maximum atomic E-state index is 13.2. The van der Waals surface area contributed by atoms with Crippen LogP contribution in [0, 0.1) is 22.1 Å². The molecule has 0 radical (unpaired) electrons. The van der Waals surface area contributed by atoms with Crippen LogP contribution in [0.2, 0.25) is 0 Å². The lowest BCUT2D eigenvalue weighted by Crippen LogP contribution is -2.29. The first-order valence-corrected chi connectivity index (χ1v) is 9.36. The topological polar surface area (TPSA) is 115 Å². The van der Waals surface area contributed by atoms with E-state index in [9.17, 15) is 19.0 Å². The predicted octanol–water partition coefficient (Wildman–Crippen LogP) is 2.58. The standard InChI is InChI=1S/C17H16FN5O2S/c1-17(2,24)10-26(20,25)13-5-14(11-3-4-15(18)21-7-11)16-12(6-19)8-22-23(16)9-13/h3-5,7-9,20,24H,10H2,1-2H3. The van der Waals surface area contributed by atoms with Gasteiger partial charge in [0.15, 0.2) is 0 Å². The van der Waals surface area contributed by atoms with E-state index in [-0.39, 0.29) is 16.2 Å². The molecule has 134 valence electrons. The molecule has 9 heteroatoms. The molecule has 3 rings (SSSR count). The summed E-state index contributed by atoms with van der Waals surface area (Å²) in [6.45, 7) is 2.96. The number of pyridine rings is 2. The third-order valence-electron chi connectivity index (χ3n) is 3.68. The molecule has 0 saturated carbocycles. The molecular weight excluding hydrogens is 357 g/mol. The van der Waals surface area contributed by atoms with Crippen molar-refractivity contribution in [1.29, 1.82) is 10.0 Å². The summed E-state index contributed by atoms with van der Waals surface area (Å²) in [4.78, 5) is 3.77. The van der Waals surface area contributed by atoms with Crippen molar-refractivity contribution in [3.8, 4) is 17.2 Å². The third-order valence-corrected chi connectivity index (χ3v) is 5.78. The number of aromatic nitrogens is 3. The van der Waals surface area contributed by atoms with Crippen molar-refractivity contribution in [2.24, 2.45) is 0 Å². The van der Waals surface area contributed by atoms with E-state index >= 15 is 0 Å². The van der Waals surface area contributed by atoms with Gasteiger partial charge >= 0.3 is 0 Å². The number of hydrogen-bond donors (Lipinski definition) is 2. The Morgan fingerprint density at radius 1 is 1.42 bits per heavy atom. The smallest absolute Gasteiger partial charge is 0.212 e. The van der Waals surface area contributed by atoms with Gasteiger partial charge in [-0.15, -0.1) is 0 Å². The van der Waals surface area contributed by atoms with Gasteiger partial charge in [-0.25, -0.2) is 18.5 Å². The third kappa shape index (κ3) is 3.42. The molecule has 26 heavy (non-hydrogen) atoms. The molecule has 1 unspecified atom stereocenters. The first-order valence-electron chi connectivity index (χ1n) is 7.63. The van der Waals surface area contributed by atoms with Crippen molar-refractivity contribution in [2.45, 2.75) is 24.3 Å². The Morgan fingerprint density at radius 2 is 2.15 bits per heavy atom. The largest absolute Gasteiger partial charge is 0.389 e. The number of halogens is 1. The van der Waals surface area contributed by atoms with Gasteiger partial charge in [0, 0.05) is 23.5 Å². The summed E-state index contributed by atoms with van der Waals surface area (Å²) in [6, 6.07) is 6.20. The highest BCUT2D eigenvalue weighted by atomic mass is 32.2. The predicted molar refractivity (Wildman–Crippen MR) is 93.4 cm³/mol. The summed E-state index contributed by atoms with van der Waals surface area (Å²) in [5.41, 5.74) is 0.388. The number of nitrogens with zero attached hydrogens (tertiary/aromatic N) is 4. The minimum atomic E-state index is -3.33. The quantitative estimate of drug-likeness (QED) is 0.682. The molecule has 1 atom stereocenters. The zero-order valence-corrected chi connectivity index (χ0v) is 14.9. The fourth-order valence-corrected chi connectivity index (χ4v) is 4.43. The highest BCUT2D eigenvalue weighted by Gasteiger charge is 2.24. The summed E-state index contributed by atoms with van der Waals surface area (Å²) in [5, 5.41) is 23.4. The van der Waals surface area contributed by atoms with Crippen molar-refractivity contribution < 1.29 is 13.7 Å². The summed E-state index contributed by atoms with van der Waals surface area (Å²) in [5.74, 6) is -0.917. The maximum Gasteiger partial charge on any atom is 0.212 e. The Kier molecular flexibility index (Phi) is 4.26. The lowest BCUT2D eigenvalue weighted by Gasteiger charge is -2.19. The molecule has 0 aliphatic heterocycles. The molecule has 0 saturated heterocycles. The van der Waals surface area contributed by atoms with Crippen molar-refractivity contribution in [2.75, 3.05) is 5.75 Å². The monoisotopic (exact) mass is 373 g/mol. The Balaban J connectivity index is 2.29. The minimum absolute atomic E-state index is 0.152. The van der Waals surface area contributed by atoms with Crippen LogP contribution in [0.5, 0.6) is 0 Å². The summed E-state index contributed by atoms with van der Waals surface area (Å²) < 4.78 is 35.7. The van der Waals surface area contributed by atoms with Crippen molar-refractivity contribution >= 4 is 15.2 Å². The molecule has 0 fully saturated rings. The van der Waals surface area contributed by atoms with Gasteiger partial charge in [0.2, 0.25) is 5.95 Å². The Morgan fingerprint density at radius 3 is 2.73 bits per heavy atom. The number of nitrogens with one attached hydrogen (secondary N) is 1. The molecule has 0 aliphatic rings. The van der Waals surface area contributed by atoms with Crippen LogP contribution in [0.25, 0.3) is 16.6 Å². The van der Waals surface area contributed by atoms with E-state index in [1.807, 2.05) is 6.07 Å². The van der Waals surface area contributed by atoms with Crippen LogP contribution < -0.4 is 0 Å². The van der Waals surface area contributed by atoms with Gasteiger partial charge in [0.1, 0.15) is 6.07 Å². The van der Waals surface area contributed by atoms with Crippen LogP contribution in [-0.4, -0.2) is 35.3 Å². The van der Waals surface area contributed by atoms with Gasteiger partial charge in [-0.1, -0.05) is 0 Å². The molecule has 3 aromatic rings. The van der Waals surface area contributed by atoms with Crippen LogP contribution in [-0.2, 0) is 9.73 Å². The van der Waals surface area contributed by atoms with E-state index in [4.69, 9.17) is 4.78 Å².